The van der Waals surface area contributed by atoms with Gasteiger partial charge in [0, 0.05) is 23.6 Å². The second-order valence-electron chi connectivity index (χ2n) is 4.33. The van der Waals surface area contributed by atoms with E-state index in [1.807, 2.05) is 0 Å². The molecule has 1 fully saturated rings. The van der Waals surface area contributed by atoms with Crippen molar-refractivity contribution in [1.82, 2.24) is 4.31 Å². The fourth-order valence-corrected chi connectivity index (χ4v) is 4.30. The lowest BCUT2D eigenvalue weighted by Gasteiger charge is -2.25. The molecule has 0 atom stereocenters. The fourth-order valence-electron chi connectivity index (χ4n) is 2.09. The lowest BCUT2D eigenvalue weighted by Crippen LogP contribution is -2.35. The Bertz CT molecular complexity index is 597. The Morgan fingerprint density at radius 2 is 1.84 bits per heavy atom. The highest BCUT2D eigenvalue weighted by atomic mass is 79.9. The second kappa shape index (κ2) is 5.56. The molecule has 0 N–H and O–H groups in total. The van der Waals surface area contributed by atoms with Crippen molar-refractivity contribution in [2.75, 3.05) is 13.1 Å². The largest absolute Gasteiger partial charge is 0.289 e. The van der Waals surface area contributed by atoms with E-state index in [1.54, 1.807) is 0 Å². The Morgan fingerprint density at radius 3 is 2.42 bits per heavy atom. The SMILES string of the molecule is O=[N+]([O-])c1ccc(Br)cc1S(=O)(=O)N1CCCCC1. The minimum Gasteiger partial charge on any atom is -0.258 e. The predicted octanol–water partition coefficient (Wildman–Crippen LogP) is 2.53. The van der Waals surface area contributed by atoms with Crippen LogP contribution in [0, 0.1) is 10.1 Å². The van der Waals surface area contributed by atoms with Gasteiger partial charge >= 0.3 is 0 Å². The van der Waals surface area contributed by atoms with Gasteiger partial charge in [-0.15, -0.1) is 0 Å². The van der Waals surface area contributed by atoms with Crippen LogP contribution in [-0.4, -0.2) is 30.7 Å². The number of benzene rings is 1. The zero-order valence-corrected chi connectivity index (χ0v) is 12.5. The molecule has 1 heterocycles. The summed E-state index contributed by atoms with van der Waals surface area (Å²) in [6.07, 6.45) is 2.58. The number of nitro benzene ring substituents is 1. The summed E-state index contributed by atoms with van der Waals surface area (Å²) >= 11 is 3.16. The third-order valence-corrected chi connectivity index (χ3v) is 5.47. The standard InChI is InChI=1S/C11H13BrN2O4S/c12-9-4-5-10(14(15)16)11(8-9)19(17,18)13-6-2-1-3-7-13/h4-5,8H,1-3,6-7H2. The van der Waals surface area contributed by atoms with Crippen LogP contribution in [0.15, 0.2) is 27.6 Å². The first-order valence-corrected chi connectivity index (χ1v) is 8.10. The van der Waals surface area contributed by atoms with Gasteiger partial charge in [0.25, 0.3) is 5.69 Å². The van der Waals surface area contributed by atoms with Crippen molar-refractivity contribution in [2.24, 2.45) is 0 Å². The Balaban J connectivity index is 2.49. The molecule has 6 nitrogen and oxygen atoms in total. The summed E-state index contributed by atoms with van der Waals surface area (Å²) < 4.78 is 26.8. The number of hydrogen-bond acceptors (Lipinski definition) is 4. The Morgan fingerprint density at radius 1 is 1.21 bits per heavy atom. The molecule has 19 heavy (non-hydrogen) atoms. The lowest BCUT2D eigenvalue weighted by atomic mass is 10.2. The molecule has 0 saturated carbocycles. The molecule has 1 aliphatic heterocycles. The first-order valence-electron chi connectivity index (χ1n) is 5.87. The smallest absolute Gasteiger partial charge is 0.258 e. The molecule has 1 aromatic rings. The van der Waals surface area contributed by atoms with Gasteiger partial charge < -0.3 is 0 Å². The molecule has 0 radical (unpaired) electrons. The number of nitrogens with zero attached hydrogens (tertiary/aromatic N) is 2. The van der Waals surface area contributed by atoms with Crippen LogP contribution in [-0.2, 0) is 10.0 Å². The van der Waals surface area contributed by atoms with Gasteiger partial charge in [0.1, 0.15) is 0 Å². The summed E-state index contributed by atoms with van der Waals surface area (Å²) in [5.41, 5.74) is -0.381. The average Bonchev–Trinajstić information content (AvgIpc) is 2.39. The van der Waals surface area contributed by atoms with E-state index in [2.05, 4.69) is 15.9 Å². The van der Waals surface area contributed by atoms with Crippen molar-refractivity contribution in [3.05, 3.63) is 32.8 Å². The van der Waals surface area contributed by atoms with Crippen LogP contribution in [0.2, 0.25) is 0 Å². The average molecular weight is 349 g/mol. The molecule has 8 heteroatoms. The van der Waals surface area contributed by atoms with Crippen LogP contribution in [0.25, 0.3) is 0 Å². The Labute approximate surface area is 119 Å². The summed E-state index contributed by atoms with van der Waals surface area (Å²) in [5, 5.41) is 11.0. The summed E-state index contributed by atoms with van der Waals surface area (Å²) in [5.74, 6) is 0. The summed E-state index contributed by atoms with van der Waals surface area (Å²) in [6.45, 7) is 0.845. The summed E-state index contributed by atoms with van der Waals surface area (Å²) in [6, 6.07) is 3.97. The van der Waals surface area contributed by atoms with E-state index in [1.165, 1.54) is 22.5 Å². The van der Waals surface area contributed by atoms with Crippen molar-refractivity contribution in [2.45, 2.75) is 24.2 Å². The molecule has 2 rings (SSSR count). The van der Waals surface area contributed by atoms with Crippen molar-refractivity contribution in [1.29, 1.82) is 0 Å². The van der Waals surface area contributed by atoms with Crippen molar-refractivity contribution in [3.8, 4) is 0 Å². The van der Waals surface area contributed by atoms with Gasteiger partial charge in [0.15, 0.2) is 4.90 Å². The number of rotatable bonds is 3. The highest BCUT2D eigenvalue weighted by molar-refractivity contribution is 9.10. The van der Waals surface area contributed by atoms with E-state index in [-0.39, 0.29) is 10.6 Å². The van der Waals surface area contributed by atoms with Gasteiger partial charge in [0.2, 0.25) is 10.0 Å². The molecular weight excluding hydrogens is 336 g/mol. The van der Waals surface area contributed by atoms with Crippen molar-refractivity contribution < 1.29 is 13.3 Å². The van der Waals surface area contributed by atoms with Crippen molar-refractivity contribution in [3.63, 3.8) is 0 Å². The Hall–Kier alpha value is -0.990. The molecule has 0 aromatic heterocycles. The van der Waals surface area contributed by atoms with Crippen LogP contribution in [0.4, 0.5) is 5.69 Å². The number of piperidine rings is 1. The Kier molecular flexibility index (Phi) is 4.22. The topological polar surface area (TPSA) is 80.5 Å². The molecule has 1 aromatic carbocycles. The molecule has 0 spiro atoms. The molecule has 1 saturated heterocycles. The molecule has 1 aliphatic rings. The third kappa shape index (κ3) is 2.96. The van der Waals surface area contributed by atoms with Gasteiger partial charge in [-0.3, -0.25) is 10.1 Å². The van der Waals surface area contributed by atoms with E-state index < -0.39 is 14.9 Å². The third-order valence-electron chi connectivity index (χ3n) is 3.05. The normalized spacial score (nSPS) is 17.3. The van der Waals surface area contributed by atoms with Gasteiger partial charge in [-0.05, 0) is 25.0 Å². The highest BCUT2D eigenvalue weighted by Gasteiger charge is 2.32. The zero-order valence-electron chi connectivity index (χ0n) is 10.1. The maximum atomic E-state index is 12.5. The van der Waals surface area contributed by atoms with E-state index in [0.29, 0.717) is 17.6 Å². The maximum Gasteiger partial charge on any atom is 0.289 e. The number of halogens is 1. The molecular formula is C11H13BrN2O4S. The van der Waals surface area contributed by atoms with E-state index >= 15 is 0 Å². The summed E-state index contributed by atoms with van der Waals surface area (Å²) in [4.78, 5) is 10.1. The number of hydrogen-bond donors (Lipinski definition) is 0. The number of nitro groups is 1. The van der Waals surface area contributed by atoms with Crippen molar-refractivity contribution >= 4 is 31.6 Å². The molecule has 104 valence electrons. The van der Waals surface area contributed by atoms with Gasteiger partial charge in [-0.25, -0.2) is 8.42 Å². The van der Waals surface area contributed by atoms with Crippen LogP contribution in [0.1, 0.15) is 19.3 Å². The van der Waals surface area contributed by atoms with E-state index in [9.17, 15) is 18.5 Å². The molecule has 0 unspecified atom stereocenters. The quantitative estimate of drug-likeness (QED) is 0.620. The zero-order chi connectivity index (χ0) is 14.0. The fraction of sp³-hybridized carbons (Fsp3) is 0.455. The number of sulfonamides is 1. The van der Waals surface area contributed by atoms with Crippen LogP contribution in [0.5, 0.6) is 0 Å². The molecule has 0 bridgehead atoms. The molecule has 0 amide bonds. The molecule has 0 aliphatic carbocycles. The lowest BCUT2D eigenvalue weighted by molar-refractivity contribution is -0.387. The monoisotopic (exact) mass is 348 g/mol. The predicted molar refractivity (Wildman–Crippen MR) is 73.4 cm³/mol. The minimum atomic E-state index is -3.80. The van der Waals surface area contributed by atoms with Gasteiger partial charge in [-0.1, -0.05) is 22.4 Å². The summed E-state index contributed by atoms with van der Waals surface area (Å²) in [7, 11) is -3.80. The first-order chi connectivity index (χ1) is 8.93. The highest BCUT2D eigenvalue weighted by Crippen LogP contribution is 2.30. The van der Waals surface area contributed by atoms with Crippen LogP contribution in [0.3, 0.4) is 0 Å². The van der Waals surface area contributed by atoms with E-state index in [0.717, 1.165) is 19.3 Å². The first kappa shape index (κ1) is 14.4. The minimum absolute atomic E-state index is 0.242. The van der Waals surface area contributed by atoms with Crippen LogP contribution < -0.4 is 0 Å². The van der Waals surface area contributed by atoms with Crippen LogP contribution >= 0.6 is 15.9 Å². The van der Waals surface area contributed by atoms with Gasteiger partial charge in [0.05, 0.1) is 4.92 Å². The van der Waals surface area contributed by atoms with Gasteiger partial charge in [-0.2, -0.15) is 4.31 Å². The second-order valence-corrected chi connectivity index (χ2v) is 7.16. The maximum absolute atomic E-state index is 12.5. The van der Waals surface area contributed by atoms with E-state index in [4.69, 9.17) is 0 Å².